The molecule has 1 atom stereocenters. The maximum atomic E-state index is 12.1. The van der Waals surface area contributed by atoms with Crippen LogP contribution in [0.2, 0.25) is 0 Å². The van der Waals surface area contributed by atoms with Crippen LogP contribution >= 0.6 is 0 Å². The van der Waals surface area contributed by atoms with E-state index >= 15 is 0 Å². The fourth-order valence-corrected chi connectivity index (χ4v) is 4.96. The average molecular weight is 383 g/mol. The topological polar surface area (TPSA) is 70.4 Å². The first kappa shape index (κ1) is 19.3. The van der Waals surface area contributed by atoms with E-state index < -0.39 is 0 Å². The highest BCUT2D eigenvalue weighted by molar-refractivity contribution is 5.96. The molecule has 4 aliphatic rings. The summed E-state index contributed by atoms with van der Waals surface area (Å²) in [6.07, 6.45) is 15.9. The molecule has 28 heavy (non-hydrogen) atoms. The van der Waals surface area contributed by atoms with E-state index in [1.165, 1.54) is 31.3 Å². The Kier molecular flexibility index (Phi) is 5.63. The van der Waals surface area contributed by atoms with Crippen LogP contribution in [0.25, 0.3) is 0 Å². The number of rotatable bonds is 4. The van der Waals surface area contributed by atoms with Crippen molar-refractivity contribution in [1.82, 2.24) is 15.5 Å². The molecule has 0 aromatic carbocycles. The number of hydrogen-bond donors (Lipinski definition) is 3. The van der Waals surface area contributed by atoms with Crippen molar-refractivity contribution in [1.29, 1.82) is 0 Å². The normalized spacial score (nSPS) is 31.1. The zero-order valence-electron chi connectivity index (χ0n) is 17.2. The van der Waals surface area contributed by atoms with Gasteiger partial charge in [-0.05, 0) is 63.0 Å². The molecule has 2 aliphatic carbocycles. The first-order chi connectivity index (χ1) is 13.5. The quantitative estimate of drug-likeness (QED) is 0.699. The van der Waals surface area contributed by atoms with E-state index in [2.05, 4.69) is 47.6 Å². The molecule has 152 valence electrons. The van der Waals surface area contributed by atoms with E-state index in [0.717, 1.165) is 43.2 Å². The van der Waals surface area contributed by atoms with Gasteiger partial charge in [-0.15, -0.1) is 0 Å². The molecule has 2 heterocycles. The monoisotopic (exact) mass is 382 g/mol. The van der Waals surface area contributed by atoms with Gasteiger partial charge >= 0.3 is 0 Å². The Hall–Kier alpha value is -2.01. The summed E-state index contributed by atoms with van der Waals surface area (Å²) in [7, 11) is 0. The van der Waals surface area contributed by atoms with E-state index in [9.17, 15) is 4.79 Å². The highest BCUT2D eigenvalue weighted by atomic mass is 16.1. The number of dihydropyridines is 1. The van der Waals surface area contributed by atoms with Crippen LogP contribution in [0.15, 0.2) is 46.8 Å². The van der Waals surface area contributed by atoms with Crippen LogP contribution in [0, 0.1) is 5.92 Å². The number of carbonyl (C=O) groups is 1. The predicted molar refractivity (Wildman–Crippen MR) is 113 cm³/mol. The minimum absolute atomic E-state index is 0.127. The number of carbonyl (C=O) groups excluding carboxylic acids is 1. The zero-order chi connectivity index (χ0) is 19.7. The minimum atomic E-state index is -0.356. The first-order valence-electron chi connectivity index (χ1n) is 10.9. The van der Waals surface area contributed by atoms with Crippen molar-refractivity contribution in [3.05, 3.63) is 46.8 Å². The molecule has 1 saturated heterocycles. The predicted octanol–water partition coefficient (Wildman–Crippen LogP) is 2.73. The molecule has 1 saturated carbocycles. The lowest BCUT2D eigenvalue weighted by atomic mass is 9.86. The van der Waals surface area contributed by atoms with E-state index in [4.69, 9.17) is 5.73 Å². The molecule has 5 nitrogen and oxygen atoms in total. The van der Waals surface area contributed by atoms with E-state index in [1.54, 1.807) is 0 Å². The Morgan fingerprint density at radius 3 is 2.46 bits per heavy atom. The summed E-state index contributed by atoms with van der Waals surface area (Å²) < 4.78 is 0. The van der Waals surface area contributed by atoms with Gasteiger partial charge in [0.1, 0.15) is 5.82 Å². The van der Waals surface area contributed by atoms with Crippen molar-refractivity contribution in [2.75, 3.05) is 13.1 Å². The molecule has 5 heteroatoms. The molecule has 1 amide bonds. The second kappa shape index (κ2) is 8.16. The zero-order valence-corrected chi connectivity index (χ0v) is 17.2. The van der Waals surface area contributed by atoms with Crippen molar-refractivity contribution in [3.63, 3.8) is 0 Å². The Balaban J connectivity index is 1.41. The smallest absolute Gasteiger partial charge is 0.252 e. The van der Waals surface area contributed by atoms with Gasteiger partial charge in [-0.1, -0.05) is 30.7 Å². The lowest BCUT2D eigenvalue weighted by molar-refractivity contribution is -0.114. The van der Waals surface area contributed by atoms with Gasteiger partial charge in [0.15, 0.2) is 0 Å². The Labute approximate surface area is 168 Å². The maximum Gasteiger partial charge on any atom is 0.252 e. The van der Waals surface area contributed by atoms with E-state index in [1.807, 2.05) is 6.08 Å². The SMILES string of the molecule is CC1=CC2=CC(C(N)=O)=C(N3CCC(NC4CCC(C)CC4)CC3)NC2C=C1. The van der Waals surface area contributed by atoms with Crippen LogP contribution in [0.3, 0.4) is 0 Å². The molecule has 0 radical (unpaired) electrons. The largest absolute Gasteiger partial charge is 0.365 e. The number of hydrogen-bond acceptors (Lipinski definition) is 4. The third-order valence-corrected chi connectivity index (χ3v) is 6.73. The number of allylic oxidation sites excluding steroid dienone is 2. The number of nitrogens with two attached hydrogens (primary N) is 1. The second-order valence-corrected chi connectivity index (χ2v) is 9.03. The number of piperidine rings is 1. The third kappa shape index (κ3) is 4.19. The van der Waals surface area contributed by atoms with Crippen molar-refractivity contribution >= 4 is 5.91 Å². The van der Waals surface area contributed by atoms with Crippen LogP contribution in [0.4, 0.5) is 0 Å². The van der Waals surface area contributed by atoms with Gasteiger partial charge in [-0.25, -0.2) is 0 Å². The van der Waals surface area contributed by atoms with Crippen LogP contribution in [0.5, 0.6) is 0 Å². The molecule has 2 fully saturated rings. The van der Waals surface area contributed by atoms with Gasteiger partial charge in [0.2, 0.25) is 0 Å². The number of likely N-dealkylation sites (tertiary alicyclic amines) is 1. The summed E-state index contributed by atoms with van der Waals surface area (Å²) >= 11 is 0. The van der Waals surface area contributed by atoms with Gasteiger partial charge in [-0.3, -0.25) is 4.79 Å². The van der Waals surface area contributed by atoms with Gasteiger partial charge in [0, 0.05) is 25.2 Å². The summed E-state index contributed by atoms with van der Waals surface area (Å²) in [6, 6.07) is 1.40. The second-order valence-electron chi connectivity index (χ2n) is 9.03. The standard InChI is InChI=1S/C23H34N4O/c1-15-3-6-18(7-4-15)25-19-9-11-27(12-10-19)23-20(22(24)28)14-17-13-16(2)5-8-21(17)26-23/h5,8,13-15,18-19,21,25-26H,3-4,6-7,9-12H2,1-2H3,(H2,24,28). The number of fused-ring (bicyclic) bond motifs is 1. The summed E-state index contributed by atoms with van der Waals surface area (Å²) in [6.45, 7) is 6.35. The Morgan fingerprint density at radius 2 is 1.79 bits per heavy atom. The van der Waals surface area contributed by atoms with Crippen LogP contribution in [0.1, 0.15) is 52.4 Å². The molecule has 0 aromatic heterocycles. The van der Waals surface area contributed by atoms with E-state index in [-0.39, 0.29) is 11.9 Å². The summed E-state index contributed by atoms with van der Waals surface area (Å²) in [5.74, 6) is 1.44. The fraction of sp³-hybridized carbons (Fsp3) is 0.609. The lowest BCUT2D eigenvalue weighted by Crippen LogP contribution is -2.50. The minimum Gasteiger partial charge on any atom is -0.365 e. The molecule has 2 aliphatic heterocycles. The summed E-state index contributed by atoms with van der Waals surface area (Å²) in [4.78, 5) is 14.4. The highest BCUT2D eigenvalue weighted by Crippen LogP contribution is 2.28. The first-order valence-corrected chi connectivity index (χ1v) is 10.9. The average Bonchev–Trinajstić information content (AvgIpc) is 2.69. The molecular weight excluding hydrogens is 348 g/mol. The Morgan fingerprint density at radius 1 is 1.11 bits per heavy atom. The van der Waals surface area contributed by atoms with Gasteiger partial charge in [0.05, 0.1) is 11.6 Å². The van der Waals surface area contributed by atoms with Crippen molar-refractivity contribution in [3.8, 4) is 0 Å². The summed E-state index contributed by atoms with van der Waals surface area (Å²) in [5, 5.41) is 7.46. The number of nitrogens with one attached hydrogen (secondary N) is 2. The third-order valence-electron chi connectivity index (χ3n) is 6.73. The highest BCUT2D eigenvalue weighted by Gasteiger charge is 2.30. The van der Waals surface area contributed by atoms with Crippen LogP contribution in [-0.2, 0) is 4.79 Å². The lowest BCUT2D eigenvalue weighted by Gasteiger charge is -2.41. The van der Waals surface area contributed by atoms with Gasteiger partial charge in [-0.2, -0.15) is 0 Å². The molecule has 0 bridgehead atoms. The number of nitrogens with zero attached hydrogens (tertiary/aromatic N) is 1. The van der Waals surface area contributed by atoms with Crippen molar-refractivity contribution in [2.45, 2.75) is 70.5 Å². The maximum absolute atomic E-state index is 12.1. The Bertz CT molecular complexity index is 732. The molecule has 1 unspecified atom stereocenters. The van der Waals surface area contributed by atoms with Crippen molar-refractivity contribution < 1.29 is 4.79 Å². The van der Waals surface area contributed by atoms with Crippen LogP contribution < -0.4 is 16.4 Å². The number of primary amides is 1. The molecule has 0 spiro atoms. The molecule has 0 aromatic rings. The molecule has 4 N–H and O–H groups in total. The molecule has 4 rings (SSSR count). The van der Waals surface area contributed by atoms with Crippen LogP contribution in [-0.4, -0.2) is 42.0 Å². The number of amides is 1. The molecular formula is C23H34N4O. The van der Waals surface area contributed by atoms with Gasteiger partial charge in [0.25, 0.3) is 5.91 Å². The van der Waals surface area contributed by atoms with Crippen molar-refractivity contribution in [2.24, 2.45) is 11.7 Å². The van der Waals surface area contributed by atoms with E-state index in [0.29, 0.717) is 17.7 Å². The summed E-state index contributed by atoms with van der Waals surface area (Å²) in [5.41, 5.74) is 8.64. The fourth-order valence-electron chi connectivity index (χ4n) is 4.96. The van der Waals surface area contributed by atoms with Gasteiger partial charge < -0.3 is 21.3 Å².